The number of hydrogen-bond donors (Lipinski definition) is 0. The molecule has 0 aliphatic carbocycles. The van der Waals surface area contributed by atoms with Gasteiger partial charge < -0.3 is 6.42 Å². The van der Waals surface area contributed by atoms with Crippen LogP contribution in [0, 0.1) is 12.3 Å². The van der Waals surface area contributed by atoms with Crippen LogP contribution < -0.4 is 0 Å². The van der Waals surface area contributed by atoms with Crippen LogP contribution in [0.15, 0.2) is 0 Å². The summed E-state index contributed by atoms with van der Waals surface area (Å²) in [7, 11) is 0. The van der Waals surface area contributed by atoms with Gasteiger partial charge in [-0.15, -0.1) is 0 Å². The van der Waals surface area contributed by atoms with Crippen molar-refractivity contribution in [2.24, 2.45) is 5.92 Å². The first-order valence-electron chi connectivity index (χ1n) is 3.10. The smallest absolute Gasteiger partial charge is 0.0584 e. The maximum absolute atomic E-state index is 2.25. The van der Waals surface area contributed by atoms with Crippen molar-refractivity contribution in [3.8, 4) is 0 Å². The van der Waals surface area contributed by atoms with Crippen molar-refractivity contribution in [2.45, 2.75) is 33.6 Å². The Morgan fingerprint density at radius 3 is 2.29 bits per heavy atom. The summed E-state index contributed by atoms with van der Waals surface area (Å²) in [6.45, 7) is 6.60. The predicted molar refractivity (Wildman–Crippen MR) is 34.0 cm³/mol. The van der Waals surface area contributed by atoms with Crippen molar-refractivity contribution in [1.82, 2.24) is 0 Å². The molecule has 0 N–H and O–H groups in total. The third-order valence-corrected chi connectivity index (χ3v) is 1.31. The monoisotopic (exact) mass is 99.1 g/mol. The van der Waals surface area contributed by atoms with Gasteiger partial charge in [0.05, 0.1) is 0 Å². The third-order valence-electron chi connectivity index (χ3n) is 1.31. The molecular formula is C7H15-. The molecule has 0 aliphatic heterocycles. The maximum atomic E-state index is 2.25. The zero-order chi connectivity index (χ0) is 5.70. The van der Waals surface area contributed by atoms with E-state index in [1.54, 1.807) is 0 Å². The molecule has 0 nitrogen and oxygen atoms in total. The van der Waals surface area contributed by atoms with Crippen LogP contribution in [-0.2, 0) is 0 Å². The lowest BCUT2D eigenvalue weighted by Gasteiger charge is -2.13. The first-order valence-corrected chi connectivity index (χ1v) is 3.10. The summed E-state index contributed by atoms with van der Waals surface area (Å²) in [6.07, 6.45) is 4.91. The molecule has 0 spiro atoms. The van der Waals surface area contributed by atoms with E-state index in [1.165, 1.54) is 12.8 Å². The van der Waals surface area contributed by atoms with E-state index < -0.39 is 0 Å². The van der Waals surface area contributed by atoms with Crippen LogP contribution in [0.2, 0.25) is 0 Å². The van der Waals surface area contributed by atoms with Gasteiger partial charge in [0.2, 0.25) is 0 Å². The highest BCUT2D eigenvalue weighted by molar-refractivity contribution is 4.64. The largest absolute Gasteiger partial charge is 0.329 e. The molecule has 0 amide bonds. The minimum Gasteiger partial charge on any atom is -0.329 e. The second-order valence-electron chi connectivity index (χ2n) is 2.10. The zero-order valence-corrected chi connectivity index (χ0v) is 5.57. The lowest BCUT2D eigenvalue weighted by atomic mass is 10.0. The molecule has 1 atom stereocenters. The molecule has 0 aliphatic rings. The quantitative estimate of drug-likeness (QED) is 0.477. The molecule has 0 rings (SSSR count). The van der Waals surface area contributed by atoms with E-state index in [-0.39, 0.29) is 0 Å². The van der Waals surface area contributed by atoms with Gasteiger partial charge in [0, 0.05) is 0 Å². The fourth-order valence-corrected chi connectivity index (χ4v) is 0.622. The van der Waals surface area contributed by atoms with Crippen LogP contribution in [0.4, 0.5) is 0 Å². The Bertz CT molecular complexity index is 31.0. The van der Waals surface area contributed by atoms with Crippen molar-refractivity contribution in [1.29, 1.82) is 0 Å². The summed E-state index contributed by atoms with van der Waals surface area (Å²) >= 11 is 0. The lowest BCUT2D eigenvalue weighted by Crippen LogP contribution is -1.89. The Labute approximate surface area is 46.9 Å². The minimum atomic E-state index is 0.824. The molecule has 0 heterocycles. The lowest BCUT2D eigenvalue weighted by molar-refractivity contribution is 0.596. The average molecular weight is 99.2 g/mol. The fourth-order valence-electron chi connectivity index (χ4n) is 0.622. The van der Waals surface area contributed by atoms with Gasteiger partial charge in [-0.05, 0) is 0 Å². The number of hydrogen-bond acceptors (Lipinski definition) is 0. The van der Waals surface area contributed by atoms with Gasteiger partial charge in [-0.1, -0.05) is 26.7 Å². The Balaban J connectivity index is 2.83. The topological polar surface area (TPSA) is 0 Å². The first-order chi connectivity index (χ1) is 3.31. The second-order valence-corrected chi connectivity index (χ2v) is 2.10. The van der Waals surface area contributed by atoms with E-state index in [0.29, 0.717) is 0 Å². The molecule has 0 fully saturated rings. The summed E-state index contributed by atoms with van der Waals surface area (Å²) in [5.74, 6) is 0.824. The molecule has 1 unspecified atom stereocenters. The zero-order valence-electron chi connectivity index (χ0n) is 5.57. The molecule has 0 heteroatoms. The minimum absolute atomic E-state index is 0.824. The van der Waals surface area contributed by atoms with Gasteiger partial charge in [-0.2, -0.15) is 12.8 Å². The van der Waals surface area contributed by atoms with Crippen LogP contribution in [0.25, 0.3) is 0 Å². The summed E-state index contributed by atoms with van der Waals surface area (Å²) < 4.78 is 0. The number of rotatable bonds is 3. The summed E-state index contributed by atoms with van der Waals surface area (Å²) in [5, 5.41) is 0. The van der Waals surface area contributed by atoms with E-state index in [0.717, 1.165) is 5.92 Å². The molecule has 0 bridgehead atoms. The van der Waals surface area contributed by atoms with Crippen molar-refractivity contribution >= 4 is 0 Å². The van der Waals surface area contributed by atoms with Crippen LogP contribution in [-0.4, -0.2) is 0 Å². The molecule has 0 aromatic carbocycles. The van der Waals surface area contributed by atoms with Crippen LogP contribution in [0.1, 0.15) is 33.6 Å². The Kier molecular flexibility index (Phi) is 4.17. The SMILES string of the molecule is C[CH-]C(C)CCC. The molecule has 0 radical (unpaired) electrons. The predicted octanol–water partition coefficient (Wildman–Crippen LogP) is 2.65. The van der Waals surface area contributed by atoms with Gasteiger partial charge in [-0.25, -0.2) is 0 Å². The van der Waals surface area contributed by atoms with Gasteiger partial charge in [0.15, 0.2) is 0 Å². The Hall–Kier alpha value is 0. The van der Waals surface area contributed by atoms with E-state index >= 15 is 0 Å². The summed E-state index contributed by atoms with van der Waals surface area (Å²) in [6, 6.07) is 0. The fraction of sp³-hybridized carbons (Fsp3) is 0.857. The molecule has 7 heavy (non-hydrogen) atoms. The van der Waals surface area contributed by atoms with Gasteiger partial charge in [0.25, 0.3) is 0 Å². The van der Waals surface area contributed by atoms with Crippen LogP contribution >= 0.6 is 0 Å². The van der Waals surface area contributed by atoms with Gasteiger partial charge in [0.1, 0.15) is 0 Å². The van der Waals surface area contributed by atoms with Crippen molar-refractivity contribution in [3.63, 3.8) is 0 Å². The Morgan fingerprint density at radius 1 is 1.57 bits per heavy atom. The summed E-state index contributed by atoms with van der Waals surface area (Å²) in [5.41, 5.74) is 0. The molecule has 0 saturated heterocycles. The average Bonchev–Trinajstić information content (AvgIpc) is 1.68. The van der Waals surface area contributed by atoms with Crippen molar-refractivity contribution < 1.29 is 0 Å². The first kappa shape index (κ1) is 7.00. The highest BCUT2D eigenvalue weighted by Gasteiger charge is 1.82. The van der Waals surface area contributed by atoms with Crippen molar-refractivity contribution in [3.05, 3.63) is 6.42 Å². The van der Waals surface area contributed by atoms with Gasteiger partial charge >= 0.3 is 0 Å². The Morgan fingerprint density at radius 2 is 2.14 bits per heavy atom. The molecular weight excluding hydrogens is 84.1 g/mol. The van der Waals surface area contributed by atoms with E-state index in [9.17, 15) is 0 Å². The summed E-state index contributed by atoms with van der Waals surface area (Å²) in [4.78, 5) is 0. The third kappa shape index (κ3) is 3.84. The normalized spacial score (nSPS) is 14.1. The maximum Gasteiger partial charge on any atom is -0.0584 e. The van der Waals surface area contributed by atoms with E-state index in [1.807, 2.05) is 0 Å². The van der Waals surface area contributed by atoms with Crippen molar-refractivity contribution in [2.75, 3.05) is 0 Å². The van der Waals surface area contributed by atoms with E-state index in [2.05, 4.69) is 27.2 Å². The second kappa shape index (κ2) is 4.17. The van der Waals surface area contributed by atoms with Crippen LogP contribution in [0.5, 0.6) is 0 Å². The van der Waals surface area contributed by atoms with Crippen LogP contribution in [0.3, 0.4) is 0 Å². The molecule has 0 saturated carbocycles. The standard InChI is InChI=1S/C7H15/c1-4-6-7(3)5-2/h5,7H,4,6H2,1-3H3/q-1. The molecule has 0 aromatic heterocycles. The molecule has 0 aromatic rings. The highest BCUT2D eigenvalue weighted by Crippen LogP contribution is 2.06. The van der Waals surface area contributed by atoms with Gasteiger partial charge in [-0.3, -0.25) is 0 Å². The molecule has 44 valence electrons. The van der Waals surface area contributed by atoms with E-state index in [4.69, 9.17) is 0 Å². The highest BCUT2D eigenvalue weighted by atomic mass is 14.0.